The number of nitrogens with one attached hydrogen (secondary N) is 1. The summed E-state index contributed by atoms with van der Waals surface area (Å²) in [6.45, 7) is 0.348. The van der Waals surface area contributed by atoms with Crippen LogP contribution in [0.15, 0.2) is 54.9 Å². The third kappa shape index (κ3) is 4.04. The summed E-state index contributed by atoms with van der Waals surface area (Å²) in [5.74, 6) is 1.61. The average molecular weight is 425 g/mol. The van der Waals surface area contributed by atoms with Gasteiger partial charge in [-0.1, -0.05) is 11.6 Å². The van der Waals surface area contributed by atoms with Gasteiger partial charge >= 0.3 is 0 Å². The smallest absolute Gasteiger partial charge is 0.255 e. The molecule has 0 radical (unpaired) electrons. The molecule has 0 fully saturated rings. The van der Waals surface area contributed by atoms with Crippen LogP contribution in [0.3, 0.4) is 0 Å². The number of nitrogens with zero attached hydrogens (tertiary/aromatic N) is 1. The largest absolute Gasteiger partial charge is 0.497 e. The Kier molecular flexibility index (Phi) is 5.77. The van der Waals surface area contributed by atoms with Gasteiger partial charge in [-0.05, 0) is 48.0 Å². The van der Waals surface area contributed by atoms with Crippen LogP contribution in [0.1, 0.15) is 15.9 Å². The van der Waals surface area contributed by atoms with Crippen molar-refractivity contribution in [1.82, 2.24) is 10.3 Å². The first kappa shape index (κ1) is 20.0. The maximum atomic E-state index is 12.7. The lowest BCUT2D eigenvalue weighted by Gasteiger charge is -2.15. The van der Waals surface area contributed by atoms with E-state index in [1.807, 2.05) is 24.3 Å². The molecule has 0 saturated carbocycles. The van der Waals surface area contributed by atoms with Crippen LogP contribution in [0.25, 0.3) is 11.1 Å². The zero-order valence-electron chi connectivity index (χ0n) is 16.6. The van der Waals surface area contributed by atoms with Gasteiger partial charge in [-0.3, -0.25) is 9.78 Å². The number of pyridine rings is 1. The maximum Gasteiger partial charge on any atom is 0.255 e. The molecular formula is C23H21ClN2O4. The molecule has 3 aromatic rings. The quantitative estimate of drug-likeness (QED) is 0.643. The highest BCUT2D eigenvalue weighted by molar-refractivity contribution is 6.31. The van der Waals surface area contributed by atoms with Gasteiger partial charge in [0.2, 0.25) is 0 Å². The average Bonchev–Trinajstić information content (AvgIpc) is 3.19. The number of aromatic nitrogens is 1. The molecule has 30 heavy (non-hydrogen) atoms. The predicted octanol–water partition coefficient (Wildman–Crippen LogP) is 4.15. The molecule has 7 heteroatoms. The Labute approximate surface area is 179 Å². The van der Waals surface area contributed by atoms with Crippen molar-refractivity contribution in [1.29, 1.82) is 0 Å². The first-order valence-corrected chi connectivity index (χ1v) is 9.86. The molecule has 1 amide bonds. The number of hydrogen-bond acceptors (Lipinski definition) is 5. The number of amides is 1. The van der Waals surface area contributed by atoms with Crippen molar-refractivity contribution in [3.8, 4) is 28.4 Å². The molecule has 2 aromatic carbocycles. The van der Waals surface area contributed by atoms with Crippen molar-refractivity contribution in [3.05, 3.63) is 71.0 Å². The summed E-state index contributed by atoms with van der Waals surface area (Å²) in [5, 5.41) is 3.58. The third-order valence-corrected chi connectivity index (χ3v) is 5.21. The van der Waals surface area contributed by atoms with Gasteiger partial charge in [-0.15, -0.1) is 0 Å². The Morgan fingerprint density at radius 1 is 1.17 bits per heavy atom. The van der Waals surface area contributed by atoms with E-state index in [2.05, 4.69) is 10.3 Å². The summed E-state index contributed by atoms with van der Waals surface area (Å²) in [7, 11) is 3.08. The minimum atomic E-state index is -0.252. The molecule has 1 aromatic heterocycles. The molecule has 0 saturated heterocycles. The highest BCUT2D eigenvalue weighted by Gasteiger charge is 2.27. The number of carbonyl (C=O) groups is 1. The van der Waals surface area contributed by atoms with E-state index in [4.69, 9.17) is 25.8 Å². The molecule has 2 heterocycles. The van der Waals surface area contributed by atoms with E-state index in [1.54, 1.807) is 37.7 Å². The zero-order chi connectivity index (χ0) is 21.1. The second-order valence-electron chi connectivity index (χ2n) is 6.90. The zero-order valence-corrected chi connectivity index (χ0v) is 17.4. The van der Waals surface area contributed by atoms with Crippen molar-refractivity contribution >= 4 is 17.5 Å². The minimum absolute atomic E-state index is 0.195. The van der Waals surface area contributed by atoms with Gasteiger partial charge in [0.1, 0.15) is 23.4 Å². The maximum absolute atomic E-state index is 12.7. The molecule has 1 aliphatic heterocycles. The van der Waals surface area contributed by atoms with Crippen LogP contribution in [0.4, 0.5) is 0 Å². The summed E-state index contributed by atoms with van der Waals surface area (Å²) in [6, 6.07) is 12.7. The van der Waals surface area contributed by atoms with Gasteiger partial charge in [-0.2, -0.15) is 0 Å². The van der Waals surface area contributed by atoms with E-state index in [0.29, 0.717) is 35.1 Å². The van der Waals surface area contributed by atoms with Crippen LogP contribution in [0, 0.1) is 0 Å². The molecule has 1 aliphatic rings. The summed E-state index contributed by atoms with van der Waals surface area (Å²) >= 11 is 6.33. The van der Waals surface area contributed by atoms with E-state index in [1.165, 1.54) is 7.11 Å². The van der Waals surface area contributed by atoms with Gasteiger partial charge < -0.3 is 19.5 Å². The lowest BCUT2D eigenvalue weighted by molar-refractivity contribution is 0.0930. The predicted molar refractivity (Wildman–Crippen MR) is 115 cm³/mol. The summed E-state index contributed by atoms with van der Waals surface area (Å²) in [4.78, 5) is 16.8. The molecule has 0 spiro atoms. The number of rotatable bonds is 6. The Bertz CT molecular complexity index is 1070. The Balaban J connectivity index is 1.49. The highest BCUT2D eigenvalue weighted by Crippen LogP contribution is 2.40. The Morgan fingerprint density at radius 3 is 2.70 bits per heavy atom. The van der Waals surface area contributed by atoms with Gasteiger partial charge in [-0.25, -0.2) is 0 Å². The monoisotopic (exact) mass is 424 g/mol. The SMILES string of the molecule is COc1ccc(OC)c(C(=O)NCC2Cc3cc(Cl)cc(-c4ccncc4)c3O2)c1. The van der Waals surface area contributed by atoms with Gasteiger partial charge in [0, 0.05) is 35.0 Å². The van der Waals surface area contributed by atoms with Crippen LogP contribution in [0.2, 0.25) is 5.02 Å². The van der Waals surface area contributed by atoms with E-state index in [9.17, 15) is 4.79 Å². The molecule has 4 rings (SSSR count). The second-order valence-corrected chi connectivity index (χ2v) is 7.33. The van der Waals surface area contributed by atoms with Gasteiger partial charge in [0.15, 0.2) is 0 Å². The van der Waals surface area contributed by atoms with E-state index < -0.39 is 0 Å². The van der Waals surface area contributed by atoms with Crippen LogP contribution < -0.4 is 19.5 Å². The van der Waals surface area contributed by atoms with Gasteiger partial charge in [0.05, 0.1) is 26.3 Å². The van der Waals surface area contributed by atoms with Crippen LogP contribution >= 0.6 is 11.6 Å². The topological polar surface area (TPSA) is 69.7 Å². The van der Waals surface area contributed by atoms with Crippen molar-refractivity contribution in [2.75, 3.05) is 20.8 Å². The van der Waals surface area contributed by atoms with E-state index in [-0.39, 0.29) is 12.0 Å². The van der Waals surface area contributed by atoms with E-state index in [0.717, 1.165) is 22.4 Å². The first-order chi connectivity index (χ1) is 14.6. The highest BCUT2D eigenvalue weighted by atomic mass is 35.5. The van der Waals surface area contributed by atoms with Crippen molar-refractivity contribution in [3.63, 3.8) is 0 Å². The van der Waals surface area contributed by atoms with Crippen molar-refractivity contribution in [2.24, 2.45) is 0 Å². The Morgan fingerprint density at radius 2 is 1.97 bits per heavy atom. The fourth-order valence-corrected chi connectivity index (χ4v) is 3.79. The Hall–Kier alpha value is -3.25. The number of benzene rings is 2. The lowest BCUT2D eigenvalue weighted by atomic mass is 10.0. The molecule has 0 bridgehead atoms. The summed E-state index contributed by atoms with van der Waals surface area (Å²) < 4.78 is 16.7. The number of carbonyl (C=O) groups excluding carboxylic acids is 1. The normalized spacial score (nSPS) is 14.6. The number of hydrogen-bond donors (Lipinski definition) is 1. The molecule has 154 valence electrons. The molecule has 6 nitrogen and oxygen atoms in total. The standard InChI is InChI=1S/C23H21ClN2O4/c1-28-17-3-4-21(29-2)20(12-17)23(27)26-13-18-10-15-9-16(24)11-19(22(15)30-18)14-5-7-25-8-6-14/h3-9,11-12,18H,10,13H2,1-2H3,(H,26,27). The minimum Gasteiger partial charge on any atom is -0.497 e. The molecule has 1 unspecified atom stereocenters. The van der Waals surface area contributed by atoms with Crippen molar-refractivity contribution in [2.45, 2.75) is 12.5 Å². The number of halogens is 1. The first-order valence-electron chi connectivity index (χ1n) is 9.48. The van der Waals surface area contributed by atoms with Gasteiger partial charge in [0.25, 0.3) is 5.91 Å². The molecule has 1 atom stereocenters. The third-order valence-electron chi connectivity index (χ3n) is 5.00. The number of methoxy groups -OCH3 is 2. The molecule has 0 aliphatic carbocycles. The molecule has 1 N–H and O–H groups in total. The number of ether oxygens (including phenoxy) is 3. The van der Waals surface area contributed by atoms with E-state index >= 15 is 0 Å². The summed E-state index contributed by atoms with van der Waals surface area (Å²) in [5.41, 5.74) is 3.33. The van der Waals surface area contributed by atoms with Crippen LogP contribution in [0.5, 0.6) is 17.2 Å². The number of fused-ring (bicyclic) bond motifs is 1. The summed E-state index contributed by atoms with van der Waals surface area (Å²) in [6.07, 6.45) is 3.93. The van der Waals surface area contributed by atoms with Crippen LogP contribution in [-0.4, -0.2) is 37.8 Å². The fourth-order valence-electron chi connectivity index (χ4n) is 3.55. The fraction of sp³-hybridized carbons (Fsp3) is 0.217. The molecular weight excluding hydrogens is 404 g/mol. The van der Waals surface area contributed by atoms with Crippen molar-refractivity contribution < 1.29 is 19.0 Å². The van der Waals surface area contributed by atoms with Crippen LogP contribution in [-0.2, 0) is 6.42 Å². The lowest BCUT2D eigenvalue weighted by Crippen LogP contribution is -2.34. The second kappa shape index (κ2) is 8.63.